The lowest BCUT2D eigenvalue weighted by Gasteiger charge is -2.30. The maximum atomic E-state index is 4.70. The molecule has 26 heavy (non-hydrogen) atoms. The van der Waals surface area contributed by atoms with Crippen LogP contribution in [0.4, 0.5) is 0 Å². The first kappa shape index (κ1) is 22.9. The standard InChI is InChI=1S/C18H30N6S.HI/c1-5-19-18(20-12-16-8-10-22-23(16)4)21-13-17(24(6-2)7-3)15-9-11-25-14-15;/h8-11,14,17H,5-7,12-13H2,1-4H3,(H2,19,20,21);1H. The van der Waals surface area contributed by atoms with E-state index in [9.17, 15) is 0 Å². The SMILES string of the molecule is CCNC(=NCc1ccnn1C)NCC(c1ccsc1)N(CC)CC.I. The lowest BCUT2D eigenvalue weighted by atomic mass is 10.1. The molecule has 6 nitrogen and oxygen atoms in total. The number of thiophene rings is 1. The Morgan fingerprint density at radius 3 is 2.58 bits per heavy atom. The second-order valence-corrected chi connectivity index (χ2v) is 6.60. The van der Waals surface area contributed by atoms with Crippen LogP contribution < -0.4 is 10.6 Å². The molecule has 2 N–H and O–H groups in total. The Kier molecular flexibility index (Phi) is 10.8. The normalized spacial score (nSPS) is 12.7. The quantitative estimate of drug-likeness (QED) is 0.322. The van der Waals surface area contributed by atoms with Gasteiger partial charge in [0.15, 0.2) is 5.96 Å². The van der Waals surface area contributed by atoms with Crippen molar-refractivity contribution < 1.29 is 0 Å². The monoisotopic (exact) mass is 490 g/mol. The summed E-state index contributed by atoms with van der Waals surface area (Å²) in [4.78, 5) is 7.17. The second kappa shape index (κ2) is 12.3. The molecule has 0 aliphatic rings. The van der Waals surface area contributed by atoms with Gasteiger partial charge in [-0.2, -0.15) is 16.4 Å². The summed E-state index contributed by atoms with van der Waals surface area (Å²) < 4.78 is 1.86. The van der Waals surface area contributed by atoms with Gasteiger partial charge in [-0.25, -0.2) is 4.99 Å². The van der Waals surface area contributed by atoms with Gasteiger partial charge in [-0.3, -0.25) is 9.58 Å². The van der Waals surface area contributed by atoms with Gasteiger partial charge in [0, 0.05) is 26.3 Å². The van der Waals surface area contributed by atoms with Crippen LogP contribution in [-0.4, -0.2) is 46.8 Å². The molecule has 0 amide bonds. The van der Waals surface area contributed by atoms with Gasteiger partial charge in [0.1, 0.15) is 0 Å². The van der Waals surface area contributed by atoms with Crippen molar-refractivity contribution in [2.45, 2.75) is 33.4 Å². The number of aliphatic imine (C=N–C) groups is 1. The van der Waals surface area contributed by atoms with Crippen LogP contribution in [0.2, 0.25) is 0 Å². The van der Waals surface area contributed by atoms with Gasteiger partial charge >= 0.3 is 0 Å². The minimum absolute atomic E-state index is 0. The predicted molar refractivity (Wildman–Crippen MR) is 121 cm³/mol. The van der Waals surface area contributed by atoms with Crippen molar-refractivity contribution in [1.82, 2.24) is 25.3 Å². The van der Waals surface area contributed by atoms with Crippen LogP contribution in [0, 0.1) is 0 Å². The van der Waals surface area contributed by atoms with Crippen molar-refractivity contribution in [3.63, 3.8) is 0 Å². The molecule has 2 rings (SSSR count). The Hall–Kier alpha value is -1.13. The Balaban J connectivity index is 0.00000338. The summed E-state index contributed by atoms with van der Waals surface area (Å²) in [6, 6.07) is 4.56. The first-order valence-corrected chi connectivity index (χ1v) is 9.89. The molecule has 0 bridgehead atoms. The first-order chi connectivity index (χ1) is 12.2. The van der Waals surface area contributed by atoms with Crippen molar-refractivity contribution in [1.29, 1.82) is 0 Å². The molecule has 0 aliphatic heterocycles. The van der Waals surface area contributed by atoms with Gasteiger partial charge in [0.2, 0.25) is 0 Å². The van der Waals surface area contributed by atoms with Gasteiger partial charge in [0.05, 0.1) is 18.3 Å². The molecule has 2 heterocycles. The highest BCUT2D eigenvalue weighted by Gasteiger charge is 2.18. The van der Waals surface area contributed by atoms with E-state index in [-0.39, 0.29) is 24.0 Å². The summed E-state index contributed by atoms with van der Waals surface area (Å²) in [5, 5.41) is 15.4. The third-order valence-corrected chi connectivity index (χ3v) is 5.01. The fourth-order valence-electron chi connectivity index (χ4n) is 2.84. The fraction of sp³-hybridized carbons (Fsp3) is 0.556. The van der Waals surface area contributed by atoms with Crippen molar-refractivity contribution in [3.05, 3.63) is 40.3 Å². The molecule has 0 saturated carbocycles. The summed E-state index contributed by atoms with van der Waals surface area (Å²) in [6.45, 7) is 10.8. The van der Waals surface area contributed by atoms with Crippen LogP contribution in [0.5, 0.6) is 0 Å². The summed E-state index contributed by atoms with van der Waals surface area (Å²) in [6.07, 6.45) is 1.80. The zero-order chi connectivity index (χ0) is 18.1. The summed E-state index contributed by atoms with van der Waals surface area (Å²) >= 11 is 1.75. The predicted octanol–water partition coefficient (Wildman–Crippen LogP) is 3.24. The molecule has 0 aromatic carbocycles. The molecule has 8 heteroatoms. The van der Waals surface area contributed by atoms with Gasteiger partial charge in [-0.15, -0.1) is 24.0 Å². The Labute approximate surface area is 178 Å². The Morgan fingerprint density at radius 1 is 1.27 bits per heavy atom. The molecular weight excluding hydrogens is 459 g/mol. The number of hydrogen-bond acceptors (Lipinski definition) is 4. The summed E-state index contributed by atoms with van der Waals surface area (Å²) in [7, 11) is 1.94. The Bertz CT molecular complexity index is 636. The number of likely N-dealkylation sites (N-methyl/N-ethyl adjacent to an activating group) is 1. The van der Waals surface area contributed by atoms with Crippen LogP contribution in [0.25, 0.3) is 0 Å². The van der Waals surface area contributed by atoms with Crippen molar-refractivity contribution >= 4 is 41.3 Å². The number of halogens is 1. The van der Waals surface area contributed by atoms with E-state index < -0.39 is 0 Å². The van der Waals surface area contributed by atoms with E-state index in [1.54, 1.807) is 17.5 Å². The number of nitrogens with zero attached hydrogens (tertiary/aromatic N) is 4. The molecule has 0 aliphatic carbocycles. The van der Waals surface area contributed by atoms with Crippen molar-refractivity contribution in [2.75, 3.05) is 26.2 Å². The number of rotatable bonds is 9. The van der Waals surface area contributed by atoms with Crippen LogP contribution in [0.1, 0.15) is 38.1 Å². The zero-order valence-corrected chi connectivity index (χ0v) is 19.3. The molecule has 0 saturated heterocycles. The zero-order valence-electron chi connectivity index (χ0n) is 16.1. The first-order valence-electron chi connectivity index (χ1n) is 8.94. The average molecular weight is 490 g/mol. The van der Waals surface area contributed by atoms with Gasteiger partial charge in [-0.1, -0.05) is 13.8 Å². The molecule has 0 spiro atoms. The number of hydrogen-bond donors (Lipinski definition) is 2. The average Bonchev–Trinajstić information content (AvgIpc) is 3.28. The fourth-order valence-corrected chi connectivity index (χ4v) is 3.55. The highest BCUT2D eigenvalue weighted by Crippen LogP contribution is 2.22. The van der Waals surface area contributed by atoms with E-state index in [0.717, 1.165) is 37.8 Å². The van der Waals surface area contributed by atoms with E-state index in [1.165, 1.54) is 5.56 Å². The summed E-state index contributed by atoms with van der Waals surface area (Å²) in [5.41, 5.74) is 2.46. The maximum Gasteiger partial charge on any atom is 0.191 e. The lowest BCUT2D eigenvalue weighted by Crippen LogP contribution is -2.43. The molecule has 0 radical (unpaired) electrons. The maximum absolute atomic E-state index is 4.70. The summed E-state index contributed by atoms with van der Waals surface area (Å²) in [5.74, 6) is 0.844. The number of guanidine groups is 1. The third-order valence-electron chi connectivity index (χ3n) is 4.31. The van der Waals surface area contributed by atoms with E-state index in [0.29, 0.717) is 12.6 Å². The molecule has 2 aromatic heterocycles. The highest BCUT2D eigenvalue weighted by molar-refractivity contribution is 14.0. The van der Waals surface area contributed by atoms with E-state index in [4.69, 9.17) is 4.99 Å². The number of aryl methyl sites for hydroxylation is 1. The minimum atomic E-state index is 0. The molecule has 1 unspecified atom stereocenters. The van der Waals surface area contributed by atoms with Crippen LogP contribution in [0.3, 0.4) is 0 Å². The van der Waals surface area contributed by atoms with Crippen LogP contribution in [-0.2, 0) is 13.6 Å². The van der Waals surface area contributed by atoms with Crippen molar-refractivity contribution in [3.8, 4) is 0 Å². The van der Waals surface area contributed by atoms with Gasteiger partial charge < -0.3 is 10.6 Å². The van der Waals surface area contributed by atoms with Crippen LogP contribution >= 0.6 is 35.3 Å². The Morgan fingerprint density at radius 2 is 2.04 bits per heavy atom. The van der Waals surface area contributed by atoms with Crippen LogP contribution in [0.15, 0.2) is 34.1 Å². The highest BCUT2D eigenvalue weighted by atomic mass is 127. The largest absolute Gasteiger partial charge is 0.357 e. The topological polar surface area (TPSA) is 57.5 Å². The molecule has 0 fully saturated rings. The van der Waals surface area contributed by atoms with E-state index in [2.05, 4.69) is 58.2 Å². The van der Waals surface area contributed by atoms with E-state index in [1.807, 2.05) is 17.8 Å². The molecule has 1 atom stereocenters. The van der Waals surface area contributed by atoms with Crippen molar-refractivity contribution in [2.24, 2.45) is 12.0 Å². The minimum Gasteiger partial charge on any atom is -0.357 e. The molecule has 146 valence electrons. The number of aromatic nitrogens is 2. The lowest BCUT2D eigenvalue weighted by molar-refractivity contribution is 0.219. The third kappa shape index (κ3) is 6.55. The number of nitrogens with one attached hydrogen (secondary N) is 2. The molecule has 2 aromatic rings. The second-order valence-electron chi connectivity index (χ2n) is 5.82. The van der Waals surface area contributed by atoms with E-state index >= 15 is 0 Å². The molecular formula is C18H31IN6S. The van der Waals surface area contributed by atoms with Gasteiger partial charge in [0.25, 0.3) is 0 Å². The van der Waals surface area contributed by atoms with Gasteiger partial charge in [-0.05, 0) is 48.5 Å². The smallest absolute Gasteiger partial charge is 0.191 e.